The lowest BCUT2D eigenvalue weighted by atomic mass is 10.2. The van der Waals surface area contributed by atoms with Crippen molar-refractivity contribution in [2.75, 3.05) is 10.6 Å². The van der Waals surface area contributed by atoms with Gasteiger partial charge < -0.3 is 10.6 Å². The van der Waals surface area contributed by atoms with E-state index in [0.717, 1.165) is 11.4 Å². The summed E-state index contributed by atoms with van der Waals surface area (Å²) in [6.45, 7) is 2.02. The van der Waals surface area contributed by atoms with Gasteiger partial charge in [0.05, 0.1) is 16.3 Å². The Kier molecular flexibility index (Phi) is 5.81. The number of hydrogen-bond donors (Lipinski definition) is 2. The maximum absolute atomic E-state index is 12.3. The number of para-hydroxylation sites is 2. The second-order valence-electron chi connectivity index (χ2n) is 6.21. The smallest absolute Gasteiger partial charge is 0.270 e. The molecule has 3 aromatic carbocycles. The Hall–Kier alpha value is -3.93. The van der Waals surface area contributed by atoms with Gasteiger partial charge in [-0.15, -0.1) is 0 Å². The number of benzene rings is 3. The largest absolute Gasteiger partial charge is 0.354 e. The first-order chi connectivity index (χ1) is 13.5. The highest BCUT2D eigenvalue weighted by Crippen LogP contribution is 2.25. The van der Waals surface area contributed by atoms with Crippen molar-refractivity contribution in [2.45, 2.75) is 6.92 Å². The first-order valence-electron chi connectivity index (χ1n) is 8.67. The molecule has 0 bridgehead atoms. The molecule has 0 atom stereocenters. The van der Waals surface area contributed by atoms with Crippen LogP contribution in [0.1, 0.15) is 11.1 Å². The van der Waals surface area contributed by atoms with Crippen molar-refractivity contribution in [3.63, 3.8) is 0 Å². The van der Waals surface area contributed by atoms with Gasteiger partial charge in [-0.05, 0) is 42.8 Å². The zero-order chi connectivity index (χ0) is 19.9. The number of carbonyl (C=O) groups is 1. The van der Waals surface area contributed by atoms with Crippen LogP contribution in [0.3, 0.4) is 0 Å². The molecule has 0 radical (unpaired) electrons. The summed E-state index contributed by atoms with van der Waals surface area (Å²) in [5, 5.41) is 16.9. The molecule has 6 nitrogen and oxygen atoms in total. The number of nitrogens with one attached hydrogen (secondary N) is 2. The van der Waals surface area contributed by atoms with E-state index in [-0.39, 0.29) is 11.6 Å². The van der Waals surface area contributed by atoms with Gasteiger partial charge in [-0.25, -0.2) is 0 Å². The number of nitro groups is 1. The SMILES string of the molecule is Cc1ccc(Nc2ccccc2NC(=O)/C=C/c2cccc([N+](=O)[O-])c2)cc1. The van der Waals surface area contributed by atoms with Crippen LogP contribution in [0.25, 0.3) is 6.08 Å². The van der Waals surface area contributed by atoms with Gasteiger partial charge in [0, 0.05) is 23.9 Å². The molecule has 0 spiro atoms. The van der Waals surface area contributed by atoms with Crippen LogP contribution in [-0.2, 0) is 4.79 Å². The molecule has 0 fully saturated rings. The van der Waals surface area contributed by atoms with E-state index in [1.54, 1.807) is 24.3 Å². The van der Waals surface area contributed by atoms with Gasteiger partial charge >= 0.3 is 0 Å². The number of hydrogen-bond acceptors (Lipinski definition) is 4. The molecule has 0 unspecified atom stereocenters. The van der Waals surface area contributed by atoms with Gasteiger partial charge in [0.2, 0.25) is 5.91 Å². The molecule has 28 heavy (non-hydrogen) atoms. The van der Waals surface area contributed by atoms with Gasteiger partial charge in [-0.2, -0.15) is 0 Å². The highest BCUT2D eigenvalue weighted by molar-refractivity contribution is 6.04. The molecule has 3 rings (SSSR count). The summed E-state index contributed by atoms with van der Waals surface area (Å²) in [6.07, 6.45) is 2.89. The van der Waals surface area contributed by atoms with Crippen LogP contribution < -0.4 is 10.6 Å². The maximum Gasteiger partial charge on any atom is 0.270 e. The van der Waals surface area contributed by atoms with Crippen molar-refractivity contribution in [3.05, 3.63) is 100 Å². The number of carbonyl (C=O) groups excluding carboxylic acids is 1. The van der Waals surface area contributed by atoms with Crippen molar-refractivity contribution in [1.29, 1.82) is 0 Å². The number of anilines is 3. The molecule has 3 aromatic rings. The Balaban J connectivity index is 1.71. The minimum Gasteiger partial charge on any atom is -0.354 e. The summed E-state index contributed by atoms with van der Waals surface area (Å²) < 4.78 is 0. The molecule has 0 heterocycles. The lowest BCUT2D eigenvalue weighted by Gasteiger charge is -2.12. The number of aryl methyl sites for hydroxylation is 1. The van der Waals surface area contributed by atoms with Crippen molar-refractivity contribution < 1.29 is 9.72 Å². The number of nitro benzene ring substituents is 1. The molecule has 0 aliphatic heterocycles. The van der Waals surface area contributed by atoms with Gasteiger partial charge in [-0.1, -0.05) is 42.0 Å². The van der Waals surface area contributed by atoms with Gasteiger partial charge in [-0.3, -0.25) is 14.9 Å². The van der Waals surface area contributed by atoms with Crippen molar-refractivity contribution in [3.8, 4) is 0 Å². The van der Waals surface area contributed by atoms with Crippen LogP contribution in [0, 0.1) is 17.0 Å². The number of rotatable bonds is 6. The van der Waals surface area contributed by atoms with Crippen LogP contribution in [0.2, 0.25) is 0 Å². The fraction of sp³-hybridized carbons (Fsp3) is 0.0455. The molecule has 0 saturated heterocycles. The molecule has 0 aliphatic carbocycles. The summed E-state index contributed by atoms with van der Waals surface area (Å²) in [7, 11) is 0. The average molecular weight is 373 g/mol. The first kappa shape index (κ1) is 18.8. The molecule has 1 amide bonds. The normalized spacial score (nSPS) is 10.6. The van der Waals surface area contributed by atoms with E-state index < -0.39 is 4.92 Å². The van der Waals surface area contributed by atoms with Crippen LogP contribution >= 0.6 is 0 Å². The van der Waals surface area contributed by atoms with E-state index in [1.165, 1.54) is 23.8 Å². The van der Waals surface area contributed by atoms with E-state index in [0.29, 0.717) is 11.3 Å². The fourth-order valence-corrected chi connectivity index (χ4v) is 2.58. The summed E-state index contributed by atoms with van der Waals surface area (Å²) in [5.41, 5.74) is 4.05. The highest BCUT2D eigenvalue weighted by atomic mass is 16.6. The van der Waals surface area contributed by atoms with Crippen molar-refractivity contribution >= 4 is 34.7 Å². The van der Waals surface area contributed by atoms with Gasteiger partial charge in [0.1, 0.15) is 0 Å². The number of nitrogens with zero attached hydrogens (tertiary/aromatic N) is 1. The number of amides is 1. The Morgan fingerprint density at radius 2 is 1.68 bits per heavy atom. The van der Waals surface area contributed by atoms with Crippen molar-refractivity contribution in [1.82, 2.24) is 0 Å². The summed E-state index contributed by atoms with van der Waals surface area (Å²) in [5.74, 6) is -0.329. The summed E-state index contributed by atoms with van der Waals surface area (Å²) in [4.78, 5) is 22.7. The molecule has 140 valence electrons. The Morgan fingerprint density at radius 3 is 2.39 bits per heavy atom. The van der Waals surface area contributed by atoms with E-state index in [1.807, 2.05) is 49.4 Å². The van der Waals surface area contributed by atoms with Gasteiger partial charge in [0.25, 0.3) is 5.69 Å². The highest BCUT2D eigenvalue weighted by Gasteiger charge is 2.06. The third-order valence-corrected chi connectivity index (χ3v) is 4.02. The lowest BCUT2D eigenvalue weighted by Crippen LogP contribution is -2.09. The lowest BCUT2D eigenvalue weighted by molar-refractivity contribution is -0.384. The topological polar surface area (TPSA) is 84.3 Å². The predicted molar refractivity (Wildman–Crippen MR) is 112 cm³/mol. The minimum absolute atomic E-state index is 0.0183. The van der Waals surface area contributed by atoms with Crippen LogP contribution in [0.4, 0.5) is 22.7 Å². The molecular formula is C22H19N3O3. The Labute approximate surface area is 162 Å². The Morgan fingerprint density at radius 1 is 0.964 bits per heavy atom. The molecule has 0 aliphatic rings. The molecule has 0 saturated carbocycles. The quantitative estimate of drug-likeness (QED) is 0.349. The standard InChI is InChI=1S/C22H19N3O3/c1-16-9-12-18(13-10-16)23-20-7-2-3-8-21(20)24-22(26)14-11-17-5-4-6-19(15-17)25(27)28/h2-15,23H,1H3,(H,24,26)/b14-11+. The number of non-ortho nitro benzene ring substituents is 1. The third kappa shape index (κ3) is 5.04. The summed E-state index contributed by atoms with van der Waals surface area (Å²) >= 11 is 0. The van der Waals surface area contributed by atoms with E-state index in [9.17, 15) is 14.9 Å². The monoisotopic (exact) mass is 373 g/mol. The molecule has 2 N–H and O–H groups in total. The molecule has 0 aromatic heterocycles. The van der Waals surface area contributed by atoms with Crippen LogP contribution in [-0.4, -0.2) is 10.8 Å². The van der Waals surface area contributed by atoms with Crippen LogP contribution in [0.15, 0.2) is 78.9 Å². The van der Waals surface area contributed by atoms with Crippen LogP contribution in [0.5, 0.6) is 0 Å². The first-order valence-corrected chi connectivity index (χ1v) is 8.67. The maximum atomic E-state index is 12.3. The zero-order valence-electron chi connectivity index (χ0n) is 15.3. The van der Waals surface area contributed by atoms with Gasteiger partial charge in [0.15, 0.2) is 0 Å². The Bertz CT molecular complexity index is 1030. The van der Waals surface area contributed by atoms with E-state index in [4.69, 9.17) is 0 Å². The zero-order valence-corrected chi connectivity index (χ0v) is 15.3. The second kappa shape index (κ2) is 8.64. The van der Waals surface area contributed by atoms with E-state index >= 15 is 0 Å². The predicted octanol–water partition coefficient (Wildman–Crippen LogP) is 5.30. The van der Waals surface area contributed by atoms with E-state index in [2.05, 4.69) is 10.6 Å². The average Bonchev–Trinajstić information content (AvgIpc) is 2.70. The summed E-state index contributed by atoms with van der Waals surface area (Å²) in [6, 6.07) is 21.4. The molecular weight excluding hydrogens is 354 g/mol. The molecule has 6 heteroatoms. The third-order valence-electron chi connectivity index (χ3n) is 4.02. The minimum atomic E-state index is -0.468. The fourth-order valence-electron chi connectivity index (χ4n) is 2.58. The van der Waals surface area contributed by atoms with Crippen molar-refractivity contribution in [2.24, 2.45) is 0 Å². The second-order valence-corrected chi connectivity index (χ2v) is 6.21.